The van der Waals surface area contributed by atoms with E-state index in [1.165, 1.54) is 5.56 Å². The highest BCUT2D eigenvalue weighted by Crippen LogP contribution is 2.29. The molecule has 0 bridgehead atoms. The van der Waals surface area contributed by atoms with Gasteiger partial charge in [0, 0.05) is 55.4 Å². The number of aromatic amines is 1. The molecule has 1 aliphatic rings. The van der Waals surface area contributed by atoms with Crippen LogP contribution in [-0.4, -0.2) is 58.6 Å². The van der Waals surface area contributed by atoms with Crippen molar-refractivity contribution in [2.75, 3.05) is 32.7 Å². The molecule has 3 aromatic rings. The summed E-state index contributed by atoms with van der Waals surface area (Å²) in [6, 6.07) is 17.5. The Morgan fingerprint density at radius 3 is 2.50 bits per heavy atom. The number of carboxylic acid groups (broad SMARTS) is 1. The highest BCUT2D eigenvalue weighted by molar-refractivity contribution is 5.89. The van der Waals surface area contributed by atoms with E-state index in [0.717, 1.165) is 49.2 Å². The van der Waals surface area contributed by atoms with Crippen LogP contribution in [0.15, 0.2) is 66.9 Å². The largest absolute Gasteiger partial charge is 0.480 e. The predicted octanol–water partition coefficient (Wildman–Crippen LogP) is 3.62. The number of fused-ring (bicyclic) bond motifs is 1. The summed E-state index contributed by atoms with van der Waals surface area (Å²) in [5.41, 5.74) is 3.03. The number of rotatable bonds is 6. The fraction of sp³-hybridized carbons (Fsp3) is 0.261. The number of hydrogen-bond acceptors (Lipinski definition) is 3. The van der Waals surface area contributed by atoms with Gasteiger partial charge in [0.2, 0.25) is 0 Å². The Bertz CT molecular complexity index is 956. The van der Waals surface area contributed by atoms with Crippen molar-refractivity contribution >= 4 is 22.9 Å². The third-order valence-electron chi connectivity index (χ3n) is 5.40. The van der Waals surface area contributed by atoms with Crippen molar-refractivity contribution < 1.29 is 9.90 Å². The zero-order valence-electron chi connectivity index (χ0n) is 15.8. The minimum Gasteiger partial charge on any atom is -0.480 e. The predicted molar refractivity (Wildman–Crippen MR) is 112 cm³/mol. The molecule has 0 aliphatic carbocycles. The summed E-state index contributed by atoms with van der Waals surface area (Å²) < 4.78 is 0. The summed E-state index contributed by atoms with van der Waals surface area (Å²) >= 11 is 0. The molecule has 2 heterocycles. The Balaban J connectivity index is 1.40. The summed E-state index contributed by atoms with van der Waals surface area (Å²) in [6.07, 6.45) is 6.16. The molecule has 5 nitrogen and oxygen atoms in total. The first-order chi connectivity index (χ1) is 13.7. The van der Waals surface area contributed by atoms with Gasteiger partial charge in [0.25, 0.3) is 0 Å². The Kier molecular flexibility index (Phi) is 5.55. The average Bonchev–Trinajstić information content (AvgIpc) is 3.14. The Labute approximate surface area is 164 Å². The SMILES string of the molecule is O=C(O)C(c1c[nH]c2ccccc12)N1CCN(C/C=C/c2ccccc2)CC1. The first-order valence-electron chi connectivity index (χ1n) is 9.69. The Morgan fingerprint density at radius 1 is 1.04 bits per heavy atom. The van der Waals surface area contributed by atoms with Crippen LogP contribution >= 0.6 is 0 Å². The van der Waals surface area contributed by atoms with Crippen LogP contribution < -0.4 is 0 Å². The molecule has 0 amide bonds. The number of piperazine rings is 1. The molecule has 4 rings (SSSR count). The van der Waals surface area contributed by atoms with Gasteiger partial charge >= 0.3 is 5.97 Å². The van der Waals surface area contributed by atoms with Crippen molar-refractivity contribution in [3.63, 3.8) is 0 Å². The lowest BCUT2D eigenvalue weighted by atomic mass is 10.0. The molecular formula is C23H25N3O2. The first-order valence-corrected chi connectivity index (χ1v) is 9.69. The molecular weight excluding hydrogens is 350 g/mol. The van der Waals surface area contributed by atoms with Gasteiger partial charge < -0.3 is 10.1 Å². The van der Waals surface area contributed by atoms with Crippen molar-refractivity contribution in [2.45, 2.75) is 6.04 Å². The van der Waals surface area contributed by atoms with Crippen LogP contribution in [-0.2, 0) is 4.79 Å². The van der Waals surface area contributed by atoms with Gasteiger partial charge in [-0.05, 0) is 11.6 Å². The number of hydrogen-bond donors (Lipinski definition) is 2. The maximum Gasteiger partial charge on any atom is 0.325 e. The fourth-order valence-corrected chi connectivity index (χ4v) is 3.91. The quantitative estimate of drug-likeness (QED) is 0.691. The lowest BCUT2D eigenvalue weighted by Crippen LogP contribution is -2.49. The van der Waals surface area contributed by atoms with E-state index >= 15 is 0 Å². The van der Waals surface area contributed by atoms with Gasteiger partial charge in [-0.2, -0.15) is 0 Å². The molecule has 144 valence electrons. The van der Waals surface area contributed by atoms with Crippen LogP contribution in [0.25, 0.3) is 17.0 Å². The molecule has 2 aromatic carbocycles. The van der Waals surface area contributed by atoms with Gasteiger partial charge in [0.05, 0.1) is 0 Å². The molecule has 1 atom stereocenters. The highest BCUT2D eigenvalue weighted by atomic mass is 16.4. The number of benzene rings is 2. The summed E-state index contributed by atoms with van der Waals surface area (Å²) in [5, 5.41) is 10.9. The monoisotopic (exact) mass is 375 g/mol. The lowest BCUT2D eigenvalue weighted by molar-refractivity contribution is -0.144. The van der Waals surface area contributed by atoms with Gasteiger partial charge in [0.15, 0.2) is 0 Å². The molecule has 1 aliphatic heterocycles. The van der Waals surface area contributed by atoms with E-state index in [0.29, 0.717) is 0 Å². The summed E-state index contributed by atoms with van der Waals surface area (Å²) in [4.78, 5) is 19.7. The lowest BCUT2D eigenvalue weighted by Gasteiger charge is -2.37. The minimum absolute atomic E-state index is 0.613. The number of nitrogens with one attached hydrogen (secondary N) is 1. The molecule has 1 fully saturated rings. The molecule has 5 heteroatoms. The van der Waals surface area contributed by atoms with Crippen LogP contribution in [0.4, 0.5) is 0 Å². The third kappa shape index (κ3) is 4.01. The number of carboxylic acids is 1. The second kappa shape index (κ2) is 8.42. The summed E-state index contributed by atoms with van der Waals surface area (Å²) in [7, 11) is 0. The van der Waals surface area contributed by atoms with E-state index in [1.54, 1.807) is 0 Å². The van der Waals surface area contributed by atoms with Gasteiger partial charge in [-0.15, -0.1) is 0 Å². The number of nitrogens with zero attached hydrogens (tertiary/aromatic N) is 2. The maximum absolute atomic E-state index is 12.1. The second-order valence-electron chi connectivity index (χ2n) is 7.18. The van der Waals surface area contributed by atoms with Crippen molar-refractivity contribution in [2.24, 2.45) is 0 Å². The van der Waals surface area contributed by atoms with E-state index in [4.69, 9.17) is 0 Å². The topological polar surface area (TPSA) is 59.6 Å². The number of aliphatic carboxylic acids is 1. The highest BCUT2D eigenvalue weighted by Gasteiger charge is 2.31. The van der Waals surface area contributed by atoms with Crippen molar-refractivity contribution in [1.29, 1.82) is 0 Å². The van der Waals surface area contributed by atoms with Crippen molar-refractivity contribution in [1.82, 2.24) is 14.8 Å². The molecule has 1 aromatic heterocycles. The second-order valence-corrected chi connectivity index (χ2v) is 7.18. The van der Waals surface area contributed by atoms with Gasteiger partial charge in [0.1, 0.15) is 6.04 Å². The van der Waals surface area contributed by atoms with Crippen LogP contribution in [0.1, 0.15) is 17.2 Å². The average molecular weight is 375 g/mol. The van der Waals surface area contributed by atoms with Crippen LogP contribution in [0.2, 0.25) is 0 Å². The number of carbonyl (C=O) groups is 1. The van der Waals surface area contributed by atoms with Gasteiger partial charge in [-0.3, -0.25) is 14.6 Å². The first kappa shape index (κ1) is 18.5. The van der Waals surface area contributed by atoms with Gasteiger partial charge in [-0.25, -0.2) is 0 Å². The third-order valence-corrected chi connectivity index (χ3v) is 5.40. The van der Waals surface area contributed by atoms with Crippen LogP contribution in [0.3, 0.4) is 0 Å². The maximum atomic E-state index is 12.1. The van der Waals surface area contributed by atoms with E-state index in [2.05, 4.69) is 39.1 Å². The van der Waals surface area contributed by atoms with Crippen LogP contribution in [0, 0.1) is 0 Å². The van der Waals surface area contributed by atoms with Crippen molar-refractivity contribution in [3.8, 4) is 0 Å². The molecule has 0 spiro atoms. The number of para-hydroxylation sites is 1. The van der Waals surface area contributed by atoms with Gasteiger partial charge in [-0.1, -0.05) is 60.7 Å². The molecule has 28 heavy (non-hydrogen) atoms. The Morgan fingerprint density at radius 2 is 1.75 bits per heavy atom. The fourth-order valence-electron chi connectivity index (χ4n) is 3.91. The minimum atomic E-state index is -0.790. The number of H-pyrrole nitrogens is 1. The molecule has 0 radical (unpaired) electrons. The van der Waals surface area contributed by atoms with E-state index in [-0.39, 0.29) is 0 Å². The molecule has 2 N–H and O–H groups in total. The van der Waals surface area contributed by atoms with Crippen LogP contribution in [0.5, 0.6) is 0 Å². The summed E-state index contributed by atoms with van der Waals surface area (Å²) in [6.45, 7) is 4.11. The smallest absolute Gasteiger partial charge is 0.325 e. The Hall–Kier alpha value is -2.89. The zero-order valence-corrected chi connectivity index (χ0v) is 15.8. The molecule has 0 saturated carbocycles. The molecule has 1 unspecified atom stereocenters. The normalized spacial score (nSPS) is 17.3. The van der Waals surface area contributed by atoms with E-state index in [9.17, 15) is 9.90 Å². The summed E-state index contributed by atoms with van der Waals surface area (Å²) in [5.74, 6) is -0.790. The standard InChI is InChI=1S/C23H25N3O2/c27-23(28)22(20-17-24-21-11-5-4-10-19(20)21)26-15-13-25(14-16-26)12-6-9-18-7-2-1-3-8-18/h1-11,17,22,24H,12-16H2,(H,27,28)/b9-6+. The van der Waals surface area contributed by atoms with Crippen molar-refractivity contribution in [3.05, 3.63) is 78.0 Å². The molecule has 1 saturated heterocycles. The number of aromatic nitrogens is 1. The van der Waals surface area contributed by atoms with E-state index in [1.807, 2.05) is 48.7 Å². The van der Waals surface area contributed by atoms with E-state index < -0.39 is 12.0 Å². The zero-order chi connectivity index (χ0) is 19.3.